The highest BCUT2D eigenvalue weighted by atomic mass is 35.5. The summed E-state index contributed by atoms with van der Waals surface area (Å²) in [6.45, 7) is 2.95. The Morgan fingerprint density at radius 2 is 1.88 bits per heavy atom. The predicted octanol–water partition coefficient (Wildman–Crippen LogP) is 2.33. The molecule has 2 unspecified atom stereocenters. The molecule has 0 radical (unpaired) electrons. The van der Waals surface area contributed by atoms with Crippen molar-refractivity contribution < 1.29 is 4.79 Å². The summed E-state index contributed by atoms with van der Waals surface area (Å²) in [4.78, 5) is 14.2. The van der Waals surface area contributed by atoms with Gasteiger partial charge >= 0.3 is 0 Å². The zero-order valence-electron chi connectivity index (χ0n) is 10.7. The fourth-order valence-electron chi connectivity index (χ4n) is 2.86. The second kappa shape index (κ2) is 6.60. The van der Waals surface area contributed by atoms with E-state index in [2.05, 4.69) is 11.8 Å². The molecule has 3 nitrogen and oxygen atoms in total. The average molecular weight is 261 g/mol. The van der Waals surface area contributed by atoms with E-state index in [1.165, 1.54) is 25.7 Å². The van der Waals surface area contributed by atoms with Crippen LogP contribution >= 0.6 is 12.4 Å². The second-order valence-electron chi connectivity index (χ2n) is 5.32. The highest BCUT2D eigenvalue weighted by Crippen LogP contribution is 2.30. The van der Waals surface area contributed by atoms with Crippen molar-refractivity contribution in [2.75, 3.05) is 6.54 Å². The van der Waals surface area contributed by atoms with Gasteiger partial charge in [-0.2, -0.15) is 0 Å². The number of halogens is 1. The highest BCUT2D eigenvalue weighted by Gasteiger charge is 2.33. The molecule has 2 aliphatic rings. The van der Waals surface area contributed by atoms with Crippen LogP contribution in [-0.4, -0.2) is 29.4 Å². The van der Waals surface area contributed by atoms with Crippen molar-refractivity contribution in [3.05, 3.63) is 0 Å². The average Bonchev–Trinajstić information content (AvgIpc) is 3.07. The first-order valence-electron chi connectivity index (χ1n) is 6.77. The summed E-state index contributed by atoms with van der Waals surface area (Å²) in [5, 5.41) is 0. The molecule has 0 spiro atoms. The first-order valence-corrected chi connectivity index (χ1v) is 6.77. The molecule has 0 aromatic rings. The smallest absolute Gasteiger partial charge is 0.223 e. The summed E-state index contributed by atoms with van der Waals surface area (Å²) in [6.07, 6.45) is 7.84. The molecule has 0 bridgehead atoms. The molecule has 17 heavy (non-hydrogen) atoms. The Labute approximate surface area is 111 Å². The summed E-state index contributed by atoms with van der Waals surface area (Å²) < 4.78 is 0. The maximum atomic E-state index is 12.1. The fourth-order valence-corrected chi connectivity index (χ4v) is 2.86. The molecule has 0 aromatic carbocycles. The lowest BCUT2D eigenvalue weighted by Gasteiger charge is -2.30. The van der Waals surface area contributed by atoms with Crippen LogP contribution in [0.5, 0.6) is 0 Å². The first kappa shape index (κ1) is 14.8. The molecule has 0 saturated heterocycles. The third-order valence-corrected chi connectivity index (χ3v) is 4.05. The van der Waals surface area contributed by atoms with Crippen LogP contribution < -0.4 is 5.73 Å². The van der Waals surface area contributed by atoms with Crippen LogP contribution in [0.1, 0.15) is 51.9 Å². The molecule has 2 fully saturated rings. The van der Waals surface area contributed by atoms with E-state index in [1.807, 2.05) is 0 Å². The lowest BCUT2D eigenvalue weighted by Crippen LogP contribution is -2.39. The van der Waals surface area contributed by atoms with Crippen LogP contribution in [0.15, 0.2) is 0 Å². The van der Waals surface area contributed by atoms with Gasteiger partial charge in [-0.1, -0.05) is 12.8 Å². The van der Waals surface area contributed by atoms with Gasteiger partial charge in [0.05, 0.1) is 0 Å². The van der Waals surface area contributed by atoms with Gasteiger partial charge in [0.15, 0.2) is 0 Å². The molecule has 4 heteroatoms. The largest absolute Gasteiger partial charge is 0.340 e. The van der Waals surface area contributed by atoms with E-state index in [0.717, 1.165) is 19.4 Å². The zero-order chi connectivity index (χ0) is 11.5. The molecular formula is C13H25ClN2O. The monoisotopic (exact) mass is 260 g/mol. The minimum absolute atomic E-state index is 0. The zero-order valence-corrected chi connectivity index (χ0v) is 11.5. The number of amides is 1. The molecule has 2 N–H and O–H groups in total. The van der Waals surface area contributed by atoms with Gasteiger partial charge in [0.1, 0.15) is 0 Å². The Morgan fingerprint density at radius 3 is 2.41 bits per heavy atom. The van der Waals surface area contributed by atoms with Crippen molar-refractivity contribution in [1.82, 2.24) is 4.90 Å². The fraction of sp³-hybridized carbons (Fsp3) is 0.923. The molecule has 0 heterocycles. The number of rotatable bonds is 4. The SMILES string of the molecule is CCN(C(=O)CC1CCCCC1N)C1CC1.Cl. The van der Waals surface area contributed by atoms with Crippen molar-refractivity contribution in [2.45, 2.75) is 64.0 Å². The quantitative estimate of drug-likeness (QED) is 0.843. The normalized spacial score (nSPS) is 28.4. The Morgan fingerprint density at radius 1 is 1.24 bits per heavy atom. The third kappa shape index (κ3) is 3.85. The number of hydrogen-bond acceptors (Lipinski definition) is 2. The van der Waals surface area contributed by atoms with Crippen LogP contribution in [0, 0.1) is 5.92 Å². The number of nitrogens with two attached hydrogens (primary N) is 1. The van der Waals surface area contributed by atoms with Crippen LogP contribution in [0.2, 0.25) is 0 Å². The lowest BCUT2D eigenvalue weighted by molar-refractivity contribution is -0.133. The Hall–Kier alpha value is -0.280. The van der Waals surface area contributed by atoms with E-state index in [9.17, 15) is 4.79 Å². The van der Waals surface area contributed by atoms with E-state index >= 15 is 0 Å². The molecule has 0 aromatic heterocycles. The van der Waals surface area contributed by atoms with Crippen molar-refractivity contribution in [3.63, 3.8) is 0 Å². The summed E-state index contributed by atoms with van der Waals surface area (Å²) in [7, 11) is 0. The van der Waals surface area contributed by atoms with Crippen molar-refractivity contribution in [1.29, 1.82) is 0 Å². The number of carbonyl (C=O) groups excluding carboxylic acids is 1. The highest BCUT2D eigenvalue weighted by molar-refractivity contribution is 5.85. The van der Waals surface area contributed by atoms with Gasteiger partial charge in [-0.3, -0.25) is 4.79 Å². The molecule has 1 amide bonds. The van der Waals surface area contributed by atoms with Crippen molar-refractivity contribution >= 4 is 18.3 Å². The Bertz CT molecular complexity index is 256. The van der Waals surface area contributed by atoms with E-state index in [1.54, 1.807) is 0 Å². The standard InChI is InChI=1S/C13H24N2O.ClH/c1-2-15(11-7-8-11)13(16)9-10-5-3-4-6-12(10)14;/h10-12H,2-9,14H2,1H3;1H. The van der Waals surface area contributed by atoms with Gasteiger partial charge in [0, 0.05) is 25.0 Å². The topological polar surface area (TPSA) is 46.3 Å². The van der Waals surface area contributed by atoms with E-state index < -0.39 is 0 Å². The lowest BCUT2D eigenvalue weighted by atomic mass is 9.82. The summed E-state index contributed by atoms with van der Waals surface area (Å²) in [5.74, 6) is 0.779. The maximum Gasteiger partial charge on any atom is 0.223 e. The van der Waals surface area contributed by atoms with Gasteiger partial charge in [0.25, 0.3) is 0 Å². The van der Waals surface area contributed by atoms with Crippen LogP contribution in [-0.2, 0) is 4.79 Å². The Balaban J connectivity index is 0.00000144. The molecule has 2 rings (SSSR count). The molecule has 0 aliphatic heterocycles. The third-order valence-electron chi connectivity index (χ3n) is 4.05. The van der Waals surface area contributed by atoms with Gasteiger partial charge < -0.3 is 10.6 Å². The van der Waals surface area contributed by atoms with Gasteiger partial charge in [-0.05, 0) is 38.5 Å². The Kier molecular flexibility index (Phi) is 5.74. The first-order chi connectivity index (χ1) is 7.72. The number of carbonyl (C=O) groups is 1. The van der Waals surface area contributed by atoms with Gasteiger partial charge in [-0.15, -0.1) is 12.4 Å². The predicted molar refractivity (Wildman–Crippen MR) is 72.2 cm³/mol. The summed E-state index contributed by atoms with van der Waals surface area (Å²) >= 11 is 0. The molecule has 100 valence electrons. The van der Waals surface area contributed by atoms with Crippen LogP contribution in [0.4, 0.5) is 0 Å². The van der Waals surface area contributed by atoms with Gasteiger partial charge in [0.2, 0.25) is 5.91 Å². The van der Waals surface area contributed by atoms with Crippen molar-refractivity contribution in [3.8, 4) is 0 Å². The molecular weight excluding hydrogens is 236 g/mol. The molecule has 2 saturated carbocycles. The molecule has 2 aliphatic carbocycles. The summed E-state index contributed by atoms with van der Waals surface area (Å²) in [5.41, 5.74) is 6.09. The maximum absolute atomic E-state index is 12.1. The van der Waals surface area contributed by atoms with E-state index in [-0.39, 0.29) is 18.4 Å². The van der Waals surface area contributed by atoms with E-state index in [4.69, 9.17) is 5.73 Å². The summed E-state index contributed by atoms with van der Waals surface area (Å²) in [6, 6.07) is 0.813. The van der Waals surface area contributed by atoms with Crippen molar-refractivity contribution in [2.24, 2.45) is 11.7 Å². The number of nitrogens with zero attached hydrogens (tertiary/aromatic N) is 1. The molecule has 2 atom stereocenters. The van der Waals surface area contributed by atoms with Gasteiger partial charge in [-0.25, -0.2) is 0 Å². The minimum atomic E-state index is 0. The number of hydrogen-bond donors (Lipinski definition) is 1. The van der Waals surface area contributed by atoms with Crippen LogP contribution in [0.3, 0.4) is 0 Å². The van der Waals surface area contributed by atoms with E-state index in [0.29, 0.717) is 24.3 Å². The second-order valence-corrected chi connectivity index (χ2v) is 5.32. The minimum Gasteiger partial charge on any atom is -0.340 e. The van der Waals surface area contributed by atoms with Crippen LogP contribution in [0.25, 0.3) is 0 Å².